The molecule has 3 aliphatic rings. The zero-order valence-corrected chi connectivity index (χ0v) is 31.6. The van der Waals surface area contributed by atoms with Crippen LogP contribution in [0.2, 0.25) is 0 Å². The van der Waals surface area contributed by atoms with Crippen LogP contribution in [-0.4, -0.2) is 15.0 Å². The molecule has 3 heterocycles. The van der Waals surface area contributed by atoms with Crippen LogP contribution in [0.1, 0.15) is 40.7 Å². The molecule has 0 saturated carbocycles. The third kappa shape index (κ3) is 4.70. The number of thiophene rings is 1. The van der Waals surface area contributed by atoms with Gasteiger partial charge in [0.15, 0.2) is 17.5 Å². The molecule has 2 aromatic heterocycles. The van der Waals surface area contributed by atoms with Gasteiger partial charge in [0.1, 0.15) is 11.5 Å². The number of nitrogens with zero attached hydrogens (tertiary/aromatic N) is 3. The lowest BCUT2D eigenvalue weighted by Crippen LogP contribution is -2.32. The minimum Gasteiger partial charge on any atom is -0.456 e. The van der Waals surface area contributed by atoms with Gasteiger partial charge in [-0.1, -0.05) is 152 Å². The fourth-order valence-corrected chi connectivity index (χ4v) is 10.7. The van der Waals surface area contributed by atoms with Crippen molar-refractivity contribution in [1.82, 2.24) is 15.0 Å². The van der Waals surface area contributed by atoms with Crippen molar-refractivity contribution in [3.05, 3.63) is 204 Å². The lowest BCUT2D eigenvalue weighted by molar-refractivity contribution is 0.437. The highest BCUT2D eigenvalue weighted by Gasteiger charge is 2.51. The minimum absolute atomic E-state index is 0.575. The van der Waals surface area contributed by atoms with E-state index in [1.165, 1.54) is 43.3 Å². The van der Waals surface area contributed by atoms with Gasteiger partial charge in [-0.2, -0.15) is 0 Å². The lowest BCUT2D eigenvalue weighted by atomic mass is 9.66. The number of hydrogen-bond donors (Lipinski definition) is 0. The average molecular weight is 748 g/mol. The molecule has 9 aromatic rings. The van der Waals surface area contributed by atoms with Crippen molar-refractivity contribution in [3.8, 4) is 56.8 Å². The number of ether oxygens (including phenoxy) is 1. The van der Waals surface area contributed by atoms with Crippen LogP contribution in [0.15, 0.2) is 176 Å². The zero-order chi connectivity index (χ0) is 37.5. The minimum atomic E-state index is -0.595. The van der Waals surface area contributed by atoms with E-state index < -0.39 is 5.41 Å². The Labute approximate surface area is 334 Å². The summed E-state index contributed by atoms with van der Waals surface area (Å²) in [5, 5.41) is 2.44. The zero-order valence-electron chi connectivity index (χ0n) is 30.8. The van der Waals surface area contributed by atoms with E-state index in [9.17, 15) is 0 Å². The van der Waals surface area contributed by atoms with Gasteiger partial charge in [-0.05, 0) is 70.5 Å². The van der Waals surface area contributed by atoms with Gasteiger partial charge < -0.3 is 4.74 Å². The molecule has 0 saturated heterocycles. The van der Waals surface area contributed by atoms with E-state index in [1.807, 2.05) is 0 Å². The van der Waals surface area contributed by atoms with Crippen molar-refractivity contribution in [3.63, 3.8) is 0 Å². The Hall–Kier alpha value is -6.95. The number of fused-ring (bicyclic) bond motifs is 12. The van der Waals surface area contributed by atoms with Gasteiger partial charge in [0, 0.05) is 42.4 Å². The lowest BCUT2D eigenvalue weighted by Gasteiger charge is -2.39. The predicted octanol–water partition coefficient (Wildman–Crippen LogP) is 13.4. The summed E-state index contributed by atoms with van der Waals surface area (Å²) in [6.45, 7) is 0. The standard InChI is InChI=1S/C52H33N3OS/c1-2-16-32(17-3-1)33-18-4-5-22-38(33)49-53-50(55-51(54-49)40-25-14-23-37-36-21-8-13-31-46(36)57-48(37)40)39-24-15-29-44-47(39)56-45-30-12-11-28-43(45)52(44)41-26-9-6-19-34(41)35-20-7-10-27-42(35)52/h1-2,4-16,18-31H,3,17H2. The van der Waals surface area contributed by atoms with Crippen LogP contribution >= 0.6 is 11.3 Å². The summed E-state index contributed by atoms with van der Waals surface area (Å²) in [7, 11) is 0. The summed E-state index contributed by atoms with van der Waals surface area (Å²) in [5.41, 5.74) is 11.8. The van der Waals surface area contributed by atoms with Gasteiger partial charge in [-0.3, -0.25) is 0 Å². The molecule has 0 bridgehead atoms. The smallest absolute Gasteiger partial charge is 0.167 e. The average Bonchev–Trinajstić information content (AvgIpc) is 3.81. The maximum Gasteiger partial charge on any atom is 0.167 e. The molecule has 12 rings (SSSR count). The maximum absolute atomic E-state index is 7.08. The third-order valence-corrected chi connectivity index (χ3v) is 13.1. The quantitative estimate of drug-likeness (QED) is 0.180. The normalized spacial score (nSPS) is 14.5. The Morgan fingerprint density at radius 1 is 0.474 bits per heavy atom. The Bertz CT molecular complexity index is 3140. The van der Waals surface area contributed by atoms with Crippen molar-refractivity contribution in [2.45, 2.75) is 18.3 Å². The number of allylic oxidation sites excluding steroid dienone is 4. The van der Waals surface area contributed by atoms with Crippen LogP contribution in [0.4, 0.5) is 0 Å². The number of aromatic nitrogens is 3. The van der Waals surface area contributed by atoms with Crippen LogP contribution in [0.25, 0.3) is 71.0 Å². The Kier molecular flexibility index (Phi) is 7.10. The Morgan fingerprint density at radius 3 is 1.81 bits per heavy atom. The fraction of sp³-hybridized carbons (Fsp3) is 0.0577. The fourth-order valence-electron chi connectivity index (χ4n) is 9.50. The van der Waals surface area contributed by atoms with E-state index in [2.05, 4.69) is 176 Å². The highest BCUT2D eigenvalue weighted by molar-refractivity contribution is 7.26. The molecule has 7 aromatic carbocycles. The van der Waals surface area contributed by atoms with E-state index in [-0.39, 0.29) is 0 Å². The highest BCUT2D eigenvalue weighted by Crippen LogP contribution is 2.63. The van der Waals surface area contributed by atoms with Crippen molar-refractivity contribution in [2.75, 3.05) is 0 Å². The first-order valence-corrected chi connectivity index (χ1v) is 20.3. The van der Waals surface area contributed by atoms with Gasteiger partial charge in [-0.25, -0.2) is 15.0 Å². The van der Waals surface area contributed by atoms with Gasteiger partial charge in [0.05, 0.1) is 11.0 Å². The summed E-state index contributed by atoms with van der Waals surface area (Å²) in [5.74, 6) is 3.45. The number of para-hydroxylation sites is 2. The molecular weight excluding hydrogens is 715 g/mol. The molecule has 1 aliphatic heterocycles. The van der Waals surface area contributed by atoms with Crippen LogP contribution in [-0.2, 0) is 5.41 Å². The van der Waals surface area contributed by atoms with Gasteiger partial charge in [0.2, 0.25) is 0 Å². The molecule has 0 N–H and O–H groups in total. The first kappa shape index (κ1) is 32.3. The van der Waals surface area contributed by atoms with Gasteiger partial charge >= 0.3 is 0 Å². The second-order valence-electron chi connectivity index (χ2n) is 14.9. The Balaban J connectivity index is 1.15. The predicted molar refractivity (Wildman–Crippen MR) is 233 cm³/mol. The first-order valence-electron chi connectivity index (χ1n) is 19.5. The van der Waals surface area contributed by atoms with E-state index in [0.29, 0.717) is 17.5 Å². The van der Waals surface area contributed by atoms with E-state index in [4.69, 9.17) is 19.7 Å². The molecule has 0 radical (unpaired) electrons. The van der Waals surface area contributed by atoms with Gasteiger partial charge in [-0.15, -0.1) is 11.3 Å². The molecule has 0 atom stereocenters. The molecule has 2 aliphatic carbocycles. The molecule has 0 fully saturated rings. The van der Waals surface area contributed by atoms with Crippen LogP contribution < -0.4 is 4.74 Å². The Morgan fingerprint density at radius 2 is 1.04 bits per heavy atom. The van der Waals surface area contributed by atoms with E-state index >= 15 is 0 Å². The molecule has 5 heteroatoms. The van der Waals surface area contributed by atoms with E-state index in [0.717, 1.165) is 62.4 Å². The first-order chi connectivity index (χ1) is 28.3. The molecule has 1 spiro atoms. The number of benzene rings is 7. The van der Waals surface area contributed by atoms with Crippen LogP contribution in [0.5, 0.6) is 11.5 Å². The second-order valence-corrected chi connectivity index (χ2v) is 16.0. The maximum atomic E-state index is 7.08. The summed E-state index contributed by atoms with van der Waals surface area (Å²) in [6.07, 6.45) is 8.57. The molecule has 0 amide bonds. The van der Waals surface area contributed by atoms with E-state index in [1.54, 1.807) is 11.3 Å². The van der Waals surface area contributed by atoms with Crippen molar-refractivity contribution in [2.24, 2.45) is 0 Å². The molecule has 57 heavy (non-hydrogen) atoms. The number of hydrogen-bond acceptors (Lipinski definition) is 5. The van der Waals surface area contributed by atoms with Crippen LogP contribution in [0.3, 0.4) is 0 Å². The van der Waals surface area contributed by atoms with Crippen LogP contribution in [0, 0.1) is 0 Å². The molecular formula is C52H33N3OS. The summed E-state index contributed by atoms with van der Waals surface area (Å²) in [6, 6.07) is 56.2. The molecule has 268 valence electrons. The third-order valence-electron chi connectivity index (χ3n) is 11.9. The van der Waals surface area contributed by atoms with Gasteiger partial charge in [0.25, 0.3) is 0 Å². The van der Waals surface area contributed by atoms with Crippen molar-refractivity contribution < 1.29 is 4.74 Å². The number of rotatable bonds is 4. The SMILES string of the molecule is C1=CCCC(c2ccccc2-c2nc(-c3cccc4c3Oc3ccccc3C43c4ccccc4-c4ccccc43)nc(-c3cccc4c3sc3ccccc34)n2)=C1. The second kappa shape index (κ2) is 12.5. The summed E-state index contributed by atoms with van der Waals surface area (Å²) < 4.78 is 9.49. The molecule has 4 nitrogen and oxygen atoms in total. The highest BCUT2D eigenvalue weighted by atomic mass is 32.1. The van der Waals surface area contributed by atoms with Crippen molar-refractivity contribution in [1.29, 1.82) is 0 Å². The largest absolute Gasteiger partial charge is 0.456 e. The summed E-state index contributed by atoms with van der Waals surface area (Å²) in [4.78, 5) is 16.2. The molecule has 0 unspecified atom stereocenters. The van der Waals surface area contributed by atoms with Crippen molar-refractivity contribution >= 4 is 37.1 Å². The summed E-state index contributed by atoms with van der Waals surface area (Å²) >= 11 is 1.79. The monoisotopic (exact) mass is 747 g/mol. The topological polar surface area (TPSA) is 47.9 Å².